The van der Waals surface area contributed by atoms with E-state index < -0.39 is 35.7 Å². The highest BCUT2D eigenvalue weighted by Gasteiger charge is 2.29. The number of amides is 1. The highest BCUT2D eigenvalue weighted by Crippen LogP contribution is 2.33. The SMILES string of the molecule is CC(C)(C)c1ccc(S(=O)(=O)Nc2cc(Cl)cnc2C(=O)c2cccc(S(C)(=O)=O)c2)cc1.COCN(c1cc(Cl)cnc1Br)S(=O)(=O)c1ccc(C(C)(C)C)cc1.CON(C)C(=O)c1cccc(SC)c1. The van der Waals surface area contributed by atoms with Crippen molar-refractivity contribution in [1.29, 1.82) is 0 Å². The van der Waals surface area contributed by atoms with Crippen LogP contribution in [-0.2, 0) is 50.3 Å². The van der Waals surface area contributed by atoms with Gasteiger partial charge in [-0.1, -0.05) is 107 Å². The van der Waals surface area contributed by atoms with E-state index in [9.17, 15) is 34.8 Å². The van der Waals surface area contributed by atoms with Gasteiger partial charge in [-0.3, -0.25) is 19.1 Å². The molecule has 22 heteroatoms. The van der Waals surface area contributed by atoms with Gasteiger partial charge in [0.15, 0.2) is 9.84 Å². The van der Waals surface area contributed by atoms with Crippen molar-refractivity contribution in [1.82, 2.24) is 15.0 Å². The summed E-state index contributed by atoms with van der Waals surface area (Å²) in [5, 5.41) is 1.66. The standard InChI is InChI=1S/C23H23ClN2O5S2.C17H20BrClN2O3S.C10H13NO2S/c1-23(2,3)16-8-10-18(11-9-16)33(30,31)26-20-13-17(24)14-25-21(20)22(27)15-6-5-7-19(12-15)32(4,28)29;1-17(2,3)12-5-7-14(8-6-12)25(22,23)21(11-24-4)15-9-13(19)10-20-16(15)18;1-11(13-2)10(12)8-5-4-6-9(7-8)14-3/h5-14,26H,1-4H3;5-10H,11H2,1-4H3;4-7H,1-3H3. The molecular formula is C50H56BrCl2N5O10S4. The fraction of sp³-hybridized carbons (Fsp3) is 0.280. The number of nitrogens with zero attached hydrogens (tertiary/aromatic N) is 4. The van der Waals surface area contributed by atoms with E-state index in [0.717, 1.165) is 26.6 Å². The summed E-state index contributed by atoms with van der Waals surface area (Å²) >= 11 is 16.9. The van der Waals surface area contributed by atoms with Crippen molar-refractivity contribution in [2.45, 2.75) is 72.0 Å². The van der Waals surface area contributed by atoms with Crippen LogP contribution < -0.4 is 9.03 Å². The Bertz CT molecular complexity index is 3230. The van der Waals surface area contributed by atoms with Gasteiger partial charge in [0.05, 0.1) is 43.2 Å². The van der Waals surface area contributed by atoms with Crippen molar-refractivity contribution in [2.24, 2.45) is 0 Å². The number of nitrogens with one attached hydrogen (secondary N) is 1. The minimum Gasteiger partial charge on any atom is -0.363 e. The van der Waals surface area contributed by atoms with Gasteiger partial charge in [0.2, 0.25) is 5.78 Å². The monoisotopic (exact) mass is 1160 g/mol. The minimum atomic E-state index is -4.06. The molecule has 0 aliphatic heterocycles. The summed E-state index contributed by atoms with van der Waals surface area (Å²) in [6, 6.07) is 29.0. The van der Waals surface area contributed by atoms with Crippen LogP contribution in [0.1, 0.15) is 79.1 Å². The van der Waals surface area contributed by atoms with Gasteiger partial charge in [-0.2, -0.15) is 0 Å². The zero-order valence-electron chi connectivity index (χ0n) is 41.4. The molecule has 2 heterocycles. The number of ether oxygens (including phenoxy) is 1. The third-order valence-electron chi connectivity index (χ3n) is 10.4. The second kappa shape index (κ2) is 24.9. The van der Waals surface area contributed by atoms with E-state index >= 15 is 0 Å². The first kappa shape index (κ1) is 59.7. The highest BCUT2D eigenvalue weighted by molar-refractivity contribution is 9.10. The fourth-order valence-electron chi connectivity index (χ4n) is 6.29. The molecule has 0 atom stereocenters. The van der Waals surface area contributed by atoms with Gasteiger partial charge < -0.3 is 4.74 Å². The van der Waals surface area contributed by atoms with Gasteiger partial charge in [0.1, 0.15) is 17.0 Å². The number of thioether (sulfide) groups is 1. The summed E-state index contributed by atoms with van der Waals surface area (Å²) in [4.78, 5) is 38.8. The lowest BCUT2D eigenvalue weighted by Crippen LogP contribution is -2.33. The maximum absolute atomic E-state index is 13.1. The number of hydroxylamine groups is 2. The Morgan fingerprint density at radius 3 is 1.76 bits per heavy atom. The molecule has 0 saturated carbocycles. The number of sulfone groups is 1. The van der Waals surface area contributed by atoms with E-state index in [1.165, 1.54) is 80.2 Å². The van der Waals surface area contributed by atoms with Crippen molar-refractivity contribution >= 4 is 104 Å². The molecule has 2 aromatic heterocycles. The topological polar surface area (TPSA) is 199 Å². The summed E-state index contributed by atoms with van der Waals surface area (Å²) in [6.45, 7) is 12.1. The third kappa shape index (κ3) is 16.0. The van der Waals surface area contributed by atoms with Crippen LogP contribution in [0.4, 0.5) is 11.4 Å². The fourth-order valence-corrected chi connectivity index (χ4v) is 10.7. The number of benzene rings is 4. The first-order valence-electron chi connectivity index (χ1n) is 21.5. The van der Waals surface area contributed by atoms with Gasteiger partial charge in [0, 0.05) is 48.8 Å². The van der Waals surface area contributed by atoms with Crippen LogP contribution in [0.25, 0.3) is 0 Å². The summed E-state index contributed by atoms with van der Waals surface area (Å²) in [5.41, 5.74) is 2.49. The molecular weight excluding hydrogens is 1110 g/mol. The number of aromatic nitrogens is 2. The lowest BCUT2D eigenvalue weighted by molar-refractivity contribution is -0.0757. The van der Waals surface area contributed by atoms with Crippen molar-refractivity contribution < 1.29 is 44.4 Å². The summed E-state index contributed by atoms with van der Waals surface area (Å²) in [6.07, 6.45) is 5.65. The zero-order valence-corrected chi connectivity index (χ0v) is 47.8. The molecule has 0 radical (unpaired) electrons. The number of carbonyl (C=O) groups excluding carboxylic acids is 2. The quantitative estimate of drug-likeness (QED) is 0.0355. The first-order chi connectivity index (χ1) is 33.4. The summed E-state index contributed by atoms with van der Waals surface area (Å²) < 4.78 is 84.9. The number of anilines is 2. The molecule has 15 nitrogen and oxygen atoms in total. The molecule has 1 amide bonds. The second-order valence-electron chi connectivity index (χ2n) is 17.8. The number of pyridine rings is 2. The van der Waals surface area contributed by atoms with Crippen LogP contribution in [0.5, 0.6) is 0 Å². The predicted molar refractivity (Wildman–Crippen MR) is 289 cm³/mol. The molecule has 0 spiro atoms. The van der Waals surface area contributed by atoms with Crippen LogP contribution in [0.2, 0.25) is 10.0 Å². The van der Waals surface area contributed by atoms with Crippen LogP contribution in [0.3, 0.4) is 0 Å². The lowest BCUT2D eigenvalue weighted by Gasteiger charge is -2.25. The first-order valence-corrected chi connectivity index (χ1v) is 29.1. The second-order valence-corrected chi connectivity index (χ2v) is 25.8. The summed E-state index contributed by atoms with van der Waals surface area (Å²) in [5.74, 6) is -0.790. The van der Waals surface area contributed by atoms with Gasteiger partial charge in [0.25, 0.3) is 26.0 Å². The number of sulfonamides is 2. The van der Waals surface area contributed by atoms with Gasteiger partial charge in [-0.05, 0) is 111 Å². The van der Waals surface area contributed by atoms with E-state index in [4.69, 9.17) is 32.8 Å². The van der Waals surface area contributed by atoms with Crippen LogP contribution in [0, 0.1) is 0 Å². The molecule has 0 bridgehead atoms. The minimum absolute atomic E-state index is 0.00736. The van der Waals surface area contributed by atoms with E-state index in [-0.39, 0.29) is 60.1 Å². The van der Waals surface area contributed by atoms with Gasteiger partial charge in [-0.25, -0.2) is 44.6 Å². The third-order valence-corrected chi connectivity index (χ3v) is 16.3. The molecule has 0 unspecified atom stereocenters. The maximum Gasteiger partial charge on any atom is 0.277 e. The molecule has 6 aromatic rings. The molecule has 0 saturated heterocycles. The van der Waals surface area contributed by atoms with E-state index in [0.29, 0.717) is 20.9 Å². The Labute approximate surface area is 445 Å². The molecule has 4 aromatic carbocycles. The Hall–Kier alpha value is -4.90. The smallest absolute Gasteiger partial charge is 0.277 e. The Morgan fingerprint density at radius 2 is 1.24 bits per heavy atom. The van der Waals surface area contributed by atoms with Crippen molar-refractivity contribution in [2.75, 3.05) is 49.5 Å². The maximum atomic E-state index is 13.1. The van der Waals surface area contributed by atoms with E-state index in [1.807, 2.05) is 57.4 Å². The van der Waals surface area contributed by atoms with Crippen LogP contribution in [-0.4, -0.2) is 92.5 Å². The molecule has 0 fully saturated rings. The Balaban J connectivity index is 0.000000254. The summed E-state index contributed by atoms with van der Waals surface area (Å²) in [7, 11) is -6.95. The Kier molecular flexibility index (Phi) is 20.6. The van der Waals surface area contributed by atoms with Crippen LogP contribution >= 0.6 is 50.9 Å². The van der Waals surface area contributed by atoms with Crippen molar-refractivity contribution in [3.05, 3.63) is 164 Å². The van der Waals surface area contributed by atoms with Crippen molar-refractivity contribution in [3.8, 4) is 0 Å². The number of hydrogen-bond acceptors (Lipinski definition) is 13. The number of carbonyl (C=O) groups is 2. The van der Waals surface area contributed by atoms with Crippen LogP contribution in [0.15, 0.2) is 146 Å². The molecule has 0 aliphatic carbocycles. The number of halogens is 3. The average Bonchev–Trinajstić information content (AvgIpc) is 3.33. The molecule has 6 rings (SSSR count). The van der Waals surface area contributed by atoms with Crippen molar-refractivity contribution in [3.63, 3.8) is 0 Å². The lowest BCUT2D eigenvalue weighted by atomic mass is 9.87. The van der Waals surface area contributed by atoms with E-state index in [2.05, 4.69) is 51.4 Å². The normalized spacial score (nSPS) is 11.9. The van der Waals surface area contributed by atoms with Gasteiger partial charge in [-0.15, -0.1) is 11.8 Å². The Morgan fingerprint density at radius 1 is 0.708 bits per heavy atom. The number of ketones is 1. The van der Waals surface area contributed by atoms with Gasteiger partial charge >= 0.3 is 0 Å². The average molecular weight is 1170 g/mol. The number of methoxy groups -OCH3 is 1. The zero-order chi connectivity index (χ0) is 54.0. The molecule has 1 N–H and O–H groups in total. The molecule has 386 valence electrons. The predicted octanol–water partition coefficient (Wildman–Crippen LogP) is 11.1. The molecule has 72 heavy (non-hydrogen) atoms. The highest BCUT2D eigenvalue weighted by atomic mass is 79.9. The number of rotatable bonds is 14. The number of hydrogen-bond donors (Lipinski definition) is 1. The van der Waals surface area contributed by atoms with E-state index in [1.54, 1.807) is 49.1 Å². The largest absolute Gasteiger partial charge is 0.363 e. The molecule has 0 aliphatic rings.